The van der Waals surface area contributed by atoms with Crippen molar-refractivity contribution in [3.63, 3.8) is 0 Å². The smallest absolute Gasteiger partial charge is 0.342 e. The van der Waals surface area contributed by atoms with Gasteiger partial charge in [0.1, 0.15) is 11.3 Å². The molecular weight excluding hydrogens is 368 g/mol. The van der Waals surface area contributed by atoms with Crippen LogP contribution in [0.15, 0.2) is 36.4 Å². The number of para-hydroxylation sites is 1. The van der Waals surface area contributed by atoms with Gasteiger partial charge in [-0.25, -0.2) is 4.79 Å². The first-order chi connectivity index (χ1) is 12.6. The van der Waals surface area contributed by atoms with E-state index in [1.807, 2.05) is 24.3 Å². The van der Waals surface area contributed by atoms with Crippen LogP contribution >= 0.6 is 11.6 Å². The van der Waals surface area contributed by atoms with Gasteiger partial charge in [0.05, 0.1) is 17.8 Å². The van der Waals surface area contributed by atoms with Crippen molar-refractivity contribution in [3.05, 3.63) is 52.5 Å². The van der Waals surface area contributed by atoms with Crippen LogP contribution in [0.4, 0.5) is 11.4 Å². The van der Waals surface area contributed by atoms with Crippen LogP contribution in [0.2, 0.25) is 5.02 Å². The van der Waals surface area contributed by atoms with Gasteiger partial charge in [0.2, 0.25) is 0 Å². The number of nitrogen functional groups attached to an aromatic ring is 1. The summed E-state index contributed by atoms with van der Waals surface area (Å²) in [7, 11) is 1.40. The fourth-order valence-corrected chi connectivity index (χ4v) is 2.70. The Balaban J connectivity index is 2.07. The van der Waals surface area contributed by atoms with Crippen molar-refractivity contribution < 1.29 is 19.1 Å². The van der Waals surface area contributed by atoms with Crippen LogP contribution in [0, 0.1) is 0 Å². The van der Waals surface area contributed by atoms with E-state index < -0.39 is 18.5 Å². The molecular formula is C20H23ClN2O4. The number of amides is 1. The summed E-state index contributed by atoms with van der Waals surface area (Å²) in [5.74, 6) is -0.950. The minimum atomic E-state index is -0.729. The number of halogens is 1. The quantitative estimate of drug-likeness (QED) is 0.594. The second-order valence-corrected chi connectivity index (χ2v) is 7.40. The lowest BCUT2D eigenvalue weighted by atomic mass is 9.86. The lowest BCUT2D eigenvalue weighted by Crippen LogP contribution is -2.23. The Kier molecular flexibility index (Phi) is 6.33. The fourth-order valence-electron chi connectivity index (χ4n) is 2.54. The van der Waals surface area contributed by atoms with Gasteiger partial charge < -0.3 is 20.5 Å². The molecule has 0 aliphatic heterocycles. The Morgan fingerprint density at radius 2 is 1.85 bits per heavy atom. The summed E-state index contributed by atoms with van der Waals surface area (Å²) in [6.07, 6.45) is 0. The Morgan fingerprint density at radius 1 is 1.19 bits per heavy atom. The highest BCUT2D eigenvalue weighted by molar-refractivity contribution is 6.33. The van der Waals surface area contributed by atoms with Crippen molar-refractivity contribution in [2.45, 2.75) is 26.2 Å². The van der Waals surface area contributed by atoms with E-state index >= 15 is 0 Å². The highest BCUT2D eigenvalue weighted by Crippen LogP contribution is 2.30. The maximum atomic E-state index is 12.3. The van der Waals surface area contributed by atoms with Gasteiger partial charge in [-0.05, 0) is 23.1 Å². The van der Waals surface area contributed by atoms with Crippen molar-refractivity contribution in [3.8, 4) is 5.75 Å². The second-order valence-electron chi connectivity index (χ2n) is 6.99. The first kappa shape index (κ1) is 20.6. The maximum Gasteiger partial charge on any atom is 0.342 e. The summed E-state index contributed by atoms with van der Waals surface area (Å²) < 4.78 is 10.2. The molecule has 0 fully saturated rings. The Labute approximate surface area is 163 Å². The molecule has 2 rings (SSSR count). The first-order valence-corrected chi connectivity index (χ1v) is 8.70. The molecule has 0 saturated carbocycles. The Bertz CT molecular complexity index is 860. The van der Waals surface area contributed by atoms with Crippen LogP contribution in [0.5, 0.6) is 5.75 Å². The number of ether oxygens (including phenoxy) is 2. The number of anilines is 2. The molecule has 6 nitrogen and oxygen atoms in total. The largest absolute Gasteiger partial charge is 0.496 e. The van der Waals surface area contributed by atoms with E-state index in [0.717, 1.165) is 5.56 Å². The number of benzene rings is 2. The molecule has 0 aliphatic rings. The molecule has 3 N–H and O–H groups in total. The zero-order valence-electron chi connectivity index (χ0n) is 15.8. The van der Waals surface area contributed by atoms with Crippen LogP contribution < -0.4 is 15.8 Å². The summed E-state index contributed by atoms with van der Waals surface area (Å²) in [6, 6.07) is 10.3. The van der Waals surface area contributed by atoms with Gasteiger partial charge >= 0.3 is 5.97 Å². The molecule has 0 aromatic heterocycles. The van der Waals surface area contributed by atoms with Crippen molar-refractivity contribution in [1.82, 2.24) is 0 Å². The van der Waals surface area contributed by atoms with E-state index in [9.17, 15) is 9.59 Å². The molecule has 27 heavy (non-hydrogen) atoms. The molecule has 0 heterocycles. The van der Waals surface area contributed by atoms with Crippen LogP contribution in [-0.2, 0) is 14.9 Å². The third kappa shape index (κ3) is 5.14. The molecule has 0 atom stereocenters. The average Bonchev–Trinajstić information content (AvgIpc) is 2.61. The minimum Gasteiger partial charge on any atom is -0.496 e. The van der Waals surface area contributed by atoms with E-state index in [4.69, 9.17) is 26.8 Å². The van der Waals surface area contributed by atoms with Gasteiger partial charge in [0, 0.05) is 11.8 Å². The third-order valence-electron chi connectivity index (χ3n) is 3.88. The van der Waals surface area contributed by atoms with E-state index in [2.05, 4.69) is 26.1 Å². The van der Waals surface area contributed by atoms with Gasteiger partial charge in [-0.3, -0.25) is 4.79 Å². The van der Waals surface area contributed by atoms with Gasteiger partial charge in [-0.2, -0.15) is 0 Å². The zero-order chi connectivity index (χ0) is 20.2. The third-order valence-corrected chi connectivity index (χ3v) is 4.21. The predicted octanol–water partition coefficient (Wildman–Crippen LogP) is 4.02. The molecule has 2 aromatic carbocycles. The monoisotopic (exact) mass is 390 g/mol. The SMILES string of the molecule is COc1cc(N)c(Cl)cc1C(=O)OCC(=O)Nc1ccccc1C(C)(C)C. The average molecular weight is 391 g/mol. The zero-order valence-corrected chi connectivity index (χ0v) is 16.5. The molecule has 0 spiro atoms. The summed E-state index contributed by atoms with van der Waals surface area (Å²) in [5, 5.41) is 2.98. The van der Waals surface area contributed by atoms with Gasteiger partial charge in [-0.15, -0.1) is 0 Å². The van der Waals surface area contributed by atoms with Crippen LogP contribution in [0.25, 0.3) is 0 Å². The number of methoxy groups -OCH3 is 1. The summed E-state index contributed by atoms with van der Waals surface area (Å²) >= 11 is 5.95. The van der Waals surface area contributed by atoms with E-state index in [-0.39, 0.29) is 27.4 Å². The predicted molar refractivity (Wildman–Crippen MR) is 106 cm³/mol. The number of hydrogen-bond acceptors (Lipinski definition) is 5. The molecule has 144 valence electrons. The minimum absolute atomic E-state index is 0.0968. The van der Waals surface area contributed by atoms with Crippen molar-refractivity contribution >= 4 is 34.9 Å². The molecule has 1 amide bonds. The molecule has 0 aliphatic carbocycles. The highest BCUT2D eigenvalue weighted by Gasteiger charge is 2.20. The summed E-state index contributed by atoms with van der Waals surface area (Å²) in [5.41, 5.74) is 7.59. The number of hydrogen-bond donors (Lipinski definition) is 2. The van der Waals surface area contributed by atoms with Crippen molar-refractivity contribution in [2.24, 2.45) is 0 Å². The fraction of sp³-hybridized carbons (Fsp3) is 0.300. The molecule has 0 unspecified atom stereocenters. The Hall–Kier alpha value is -2.73. The molecule has 2 aromatic rings. The molecule has 0 bridgehead atoms. The van der Waals surface area contributed by atoms with E-state index in [1.165, 1.54) is 19.2 Å². The maximum absolute atomic E-state index is 12.3. The number of rotatable bonds is 5. The summed E-state index contributed by atoms with van der Waals surface area (Å²) in [4.78, 5) is 24.5. The number of nitrogens with two attached hydrogens (primary N) is 1. The van der Waals surface area contributed by atoms with Crippen LogP contribution in [0.3, 0.4) is 0 Å². The highest BCUT2D eigenvalue weighted by atomic mass is 35.5. The standard InChI is InChI=1S/C20H23ClN2O4/c1-20(2,3)13-7-5-6-8-16(13)23-18(24)11-27-19(25)12-9-14(21)15(22)10-17(12)26-4/h5-10H,11,22H2,1-4H3,(H,23,24). The Morgan fingerprint density at radius 3 is 2.48 bits per heavy atom. The molecule has 0 radical (unpaired) electrons. The van der Waals surface area contributed by atoms with Crippen LogP contribution in [-0.4, -0.2) is 25.6 Å². The second kappa shape index (κ2) is 8.31. The summed E-state index contributed by atoms with van der Waals surface area (Å²) in [6.45, 7) is 5.71. The van der Waals surface area contributed by atoms with Crippen molar-refractivity contribution in [1.29, 1.82) is 0 Å². The molecule has 7 heteroatoms. The van der Waals surface area contributed by atoms with E-state index in [0.29, 0.717) is 5.69 Å². The lowest BCUT2D eigenvalue weighted by Gasteiger charge is -2.23. The first-order valence-electron chi connectivity index (χ1n) is 8.33. The van der Waals surface area contributed by atoms with Crippen LogP contribution in [0.1, 0.15) is 36.7 Å². The van der Waals surface area contributed by atoms with E-state index in [1.54, 1.807) is 0 Å². The topological polar surface area (TPSA) is 90.7 Å². The van der Waals surface area contributed by atoms with Gasteiger partial charge in [-0.1, -0.05) is 50.6 Å². The van der Waals surface area contributed by atoms with Crippen molar-refractivity contribution in [2.75, 3.05) is 24.8 Å². The number of carbonyl (C=O) groups excluding carboxylic acids is 2. The van der Waals surface area contributed by atoms with Gasteiger partial charge in [0.15, 0.2) is 6.61 Å². The normalized spacial score (nSPS) is 11.0. The van der Waals surface area contributed by atoms with Gasteiger partial charge in [0.25, 0.3) is 5.91 Å². The number of nitrogens with one attached hydrogen (secondary N) is 1. The molecule has 0 saturated heterocycles. The number of carbonyl (C=O) groups is 2. The number of esters is 1. The lowest BCUT2D eigenvalue weighted by molar-refractivity contribution is -0.119.